The Labute approximate surface area is 147 Å². The van der Waals surface area contributed by atoms with Gasteiger partial charge in [-0.05, 0) is 48.7 Å². The van der Waals surface area contributed by atoms with Crippen LogP contribution >= 0.6 is 0 Å². The fourth-order valence-electron chi connectivity index (χ4n) is 2.80. The number of rotatable bonds is 6. The molecule has 0 bridgehead atoms. The number of hydrogen-bond donors (Lipinski definition) is 0. The van der Waals surface area contributed by atoms with Crippen molar-refractivity contribution in [2.45, 2.75) is 26.4 Å². The van der Waals surface area contributed by atoms with Crippen LogP contribution in [0.1, 0.15) is 23.2 Å². The Morgan fingerprint density at radius 1 is 1.08 bits per heavy atom. The minimum Gasteiger partial charge on any atom is -0.489 e. The summed E-state index contributed by atoms with van der Waals surface area (Å²) in [6.45, 7) is 2.48. The molecule has 25 heavy (non-hydrogen) atoms. The van der Waals surface area contributed by atoms with Crippen LogP contribution in [-0.4, -0.2) is 18.1 Å². The van der Waals surface area contributed by atoms with E-state index in [4.69, 9.17) is 9.47 Å². The second kappa shape index (κ2) is 7.79. The molecule has 0 saturated carbocycles. The number of ether oxygens (including phenoxy) is 2. The predicted molar refractivity (Wildman–Crippen MR) is 97.6 cm³/mol. The molecule has 0 fully saturated rings. The quantitative estimate of drug-likeness (QED) is 0.633. The number of aromatic nitrogens is 1. The van der Waals surface area contributed by atoms with Crippen molar-refractivity contribution in [2.75, 3.05) is 7.11 Å². The molecule has 0 spiro atoms. The van der Waals surface area contributed by atoms with Crippen LogP contribution in [0, 0.1) is 6.92 Å². The summed E-state index contributed by atoms with van der Waals surface area (Å²) in [5, 5.41) is 1.01. The maximum Gasteiger partial charge on any atom is 0.305 e. The van der Waals surface area contributed by atoms with Gasteiger partial charge in [-0.2, -0.15) is 0 Å². The molecule has 0 aliphatic rings. The van der Waals surface area contributed by atoms with Gasteiger partial charge in [0.25, 0.3) is 0 Å². The van der Waals surface area contributed by atoms with E-state index >= 15 is 0 Å². The van der Waals surface area contributed by atoms with Crippen LogP contribution in [0.2, 0.25) is 0 Å². The molecular weight excluding hydrogens is 314 g/mol. The van der Waals surface area contributed by atoms with Crippen molar-refractivity contribution in [1.82, 2.24) is 4.98 Å². The molecule has 128 valence electrons. The highest BCUT2D eigenvalue weighted by atomic mass is 16.5. The molecule has 3 rings (SSSR count). The number of pyridine rings is 1. The SMILES string of the molecule is COC(=O)CCc1cc(C)nc2ccc(OCc3ccccc3)cc12. The standard InChI is InChI=1S/C21H21NO3/c1-15-12-17(8-11-21(23)24-2)19-13-18(9-10-20(19)22-15)25-14-16-6-4-3-5-7-16/h3-7,9-10,12-13H,8,11,14H2,1-2H3. The molecule has 4 nitrogen and oxygen atoms in total. The normalized spacial score (nSPS) is 10.6. The zero-order chi connectivity index (χ0) is 17.6. The van der Waals surface area contributed by atoms with E-state index < -0.39 is 0 Å². The van der Waals surface area contributed by atoms with E-state index in [2.05, 4.69) is 4.98 Å². The number of carbonyl (C=O) groups excluding carboxylic acids is 1. The Morgan fingerprint density at radius 2 is 1.88 bits per heavy atom. The Hall–Kier alpha value is -2.88. The van der Waals surface area contributed by atoms with E-state index in [0.29, 0.717) is 19.4 Å². The number of aryl methyl sites for hydroxylation is 2. The van der Waals surface area contributed by atoms with Crippen molar-refractivity contribution in [3.8, 4) is 5.75 Å². The first-order chi connectivity index (χ1) is 12.2. The van der Waals surface area contributed by atoms with Crippen LogP contribution in [0.5, 0.6) is 5.75 Å². The first-order valence-electron chi connectivity index (χ1n) is 8.29. The summed E-state index contributed by atoms with van der Waals surface area (Å²) >= 11 is 0. The van der Waals surface area contributed by atoms with Gasteiger partial charge in [-0.1, -0.05) is 30.3 Å². The van der Waals surface area contributed by atoms with Crippen LogP contribution in [0.3, 0.4) is 0 Å². The maximum atomic E-state index is 11.5. The van der Waals surface area contributed by atoms with Crippen LogP contribution in [0.15, 0.2) is 54.6 Å². The molecule has 3 aromatic rings. The molecule has 0 aliphatic heterocycles. The monoisotopic (exact) mass is 335 g/mol. The number of carbonyl (C=O) groups is 1. The summed E-state index contributed by atoms with van der Waals surface area (Å²) in [6, 6.07) is 18.0. The lowest BCUT2D eigenvalue weighted by Gasteiger charge is -2.11. The third-order valence-corrected chi connectivity index (χ3v) is 4.07. The number of methoxy groups -OCH3 is 1. The summed E-state index contributed by atoms with van der Waals surface area (Å²) in [5.41, 5.74) is 4.05. The van der Waals surface area contributed by atoms with Crippen molar-refractivity contribution in [1.29, 1.82) is 0 Å². The van der Waals surface area contributed by atoms with Gasteiger partial charge >= 0.3 is 5.97 Å². The van der Waals surface area contributed by atoms with E-state index in [-0.39, 0.29) is 5.97 Å². The lowest BCUT2D eigenvalue weighted by atomic mass is 10.0. The third kappa shape index (κ3) is 4.35. The number of esters is 1. The van der Waals surface area contributed by atoms with Gasteiger partial charge in [-0.25, -0.2) is 0 Å². The Balaban J connectivity index is 1.84. The first kappa shape index (κ1) is 17.0. The second-order valence-electron chi connectivity index (χ2n) is 5.95. The van der Waals surface area contributed by atoms with Crippen LogP contribution < -0.4 is 4.74 Å². The van der Waals surface area contributed by atoms with Gasteiger partial charge in [-0.3, -0.25) is 9.78 Å². The zero-order valence-corrected chi connectivity index (χ0v) is 14.5. The summed E-state index contributed by atoms with van der Waals surface area (Å²) in [6.07, 6.45) is 0.971. The van der Waals surface area contributed by atoms with Crippen LogP contribution in [0.25, 0.3) is 10.9 Å². The minimum atomic E-state index is -0.209. The van der Waals surface area contributed by atoms with E-state index in [0.717, 1.165) is 33.5 Å². The molecule has 4 heteroatoms. The van der Waals surface area contributed by atoms with Gasteiger partial charge in [0.15, 0.2) is 0 Å². The largest absolute Gasteiger partial charge is 0.489 e. The van der Waals surface area contributed by atoms with Gasteiger partial charge in [0, 0.05) is 17.5 Å². The molecule has 1 heterocycles. The lowest BCUT2D eigenvalue weighted by molar-refractivity contribution is -0.140. The average molecular weight is 335 g/mol. The molecule has 0 unspecified atom stereocenters. The van der Waals surface area contributed by atoms with E-state index in [9.17, 15) is 4.79 Å². The van der Waals surface area contributed by atoms with Gasteiger partial charge < -0.3 is 9.47 Å². The van der Waals surface area contributed by atoms with Gasteiger partial charge in [-0.15, -0.1) is 0 Å². The summed E-state index contributed by atoms with van der Waals surface area (Å²) in [4.78, 5) is 16.0. The Bertz CT molecular complexity index is 875. The second-order valence-corrected chi connectivity index (χ2v) is 5.95. The van der Waals surface area contributed by atoms with Crippen molar-refractivity contribution < 1.29 is 14.3 Å². The molecule has 0 saturated heterocycles. The van der Waals surface area contributed by atoms with E-state index in [1.807, 2.05) is 61.5 Å². The zero-order valence-electron chi connectivity index (χ0n) is 14.5. The minimum absolute atomic E-state index is 0.209. The summed E-state index contributed by atoms with van der Waals surface area (Å²) < 4.78 is 10.7. The number of nitrogens with zero attached hydrogens (tertiary/aromatic N) is 1. The highest BCUT2D eigenvalue weighted by Gasteiger charge is 2.09. The fraction of sp³-hybridized carbons (Fsp3) is 0.238. The summed E-state index contributed by atoms with van der Waals surface area (Å²) in [5.74, 6) is 0.584. The molecule has 0 aliphatic carbocycles. The fourth-order valence-corrected chi connectivity index (χ4v) is 2.80. The Morgan fingerprint density at radius 3 is 2.64 bits per heavy atom. The van der Waals surface area contributed by atoms with E-state index in [1.54, 1.807) is 0 Å². The van der Waals surface area contributed by atoms with Gasteiger partial charge in [0.05, 0.1) is 12.6 Å². The molecule has 0 atom stereocenters. The molecule has 2 aromatic carbocycles. The lowest BCUT2D eigenvalue weighted by Crippen LogP contribution is -2.03. The van der Waals surface area contributed by atoms with Crippen LogP contribution in [-0.2, 0) is 22.6 Å². The third-order valence-electron chi connectivity index (χ3n) is 4.07. The number of benzene rings is 2. The highest BCUT2D eigenvalue weighted by Crippen LogP contribution is 2.25. The van der Waals surface area contributed by atoms with Gasteiger partial charge in [0.2, 0.25) is 0 Å². The smallest absolute Gasteiger partial charge is 0.305 e. The first-order valence-corrected chi connectivity index (χ1v) is 8.29. The van der Waals surface area contributed by atoms with Crippen molar-refractivity contribution in [2.24, 2.45) is 0 Å². The molecule has 0 amide bonds. The van der Waals surface area contributed by atoms with Crippen molar-refractivity contribution in [3.63, 3.8) is 0 Å². The maximum absolute atomic E-state index is 11.5. The number of hydrogen-bond acceptors (Lipinski definition) is 4. The van der Waals surface area contributed by atoms with Gasteiger partial charge in [0.1, 0.15) is 12.4 Å². The molecule has 0 radical (unpaired) electrons. The van der Waals surface area contributed by atoms with Crippen molar-refractivity contribution in [3.05, 3.63) is 71.4 Å². The van der Waals surface area contributed by atoms with E-state index in [1.165, 1.54) is 7.11 Å². The predicted octanol–water partition coefficient (Wildman–Crippen LogP) is 4.23. The molecule has 1 aromatic heterocycles. The Kier molecular flexibility index (Phi) is 5.29. The molecular formula is C21H21NO3. The summed E-state index contributed by atoms with van der Waals surface area (Å²) in [7, 11) is 1.41. The highest BCUT2D eigenvalue weighted by molar-refractivity contribution is 5.84. The average Bonchev–Trinajstić information content (AvgIpc) is 2.65. The van der Waals surface area contributed by atoms with Crippen LogP contribution in [0.4, 0.5) is 0 Å². The topological polar surface area (TPSA) is 48.4 Å². The van der Waals surface area contributed by atoms with Crippen molar-refractivity contribution >= 4 is 16.9 Å². The number of fused-ring (bicyclic) bond motifs is 1. The molecule has 0 N–H and O–H groups in total.